The third kappa shape index (κ3) is 4.31. The second-order valence-electron chi connectivity index (χ2n) is 7.64. The fraction of sp³-hybridized carbons (Fsp3) is 0.250. The van der Waals surface area contributed by atoms with E-state index in [2.05, 4.69) is 44.1 Å². The van der Waals surface area contributed by atoms with E-state index in [0.717, 1.165) is 39.1 Å². The average Bonchev–Trinajstić information content (AvgIpc) is 3.13. The van der Waals surface area contributed by atoms with Crippen LogP contribution in [0.15, 0.2) is 60.7 Å². The van der Waals surface area contributed by atoms with Gasteiger partial charge in [-0.05, 0) is 74.6 Å². The van der Waals surface area contributed by atoms with E-state index in [9.17, 15) is 4.79 Å². The predicted octanol–water partition coefficient (Wildman–Crippen LogP) is 5.36. The van der Waals surface area contributed by atoms with Crippen LogP contribution in [-0.4, -0.2) is 43.0 Å². The van der Waals surface area contributed by atoms with Gasteiger partial charge in [-0.3, -0.25) is 9.69 Å². The minimum absolute atomic E-state index is 0.00490. The summed E-state index contributed by atoms with van der Waals surface area (Å²) in [4.78, 5) is 22.2. The normalized spacial score (nSPS) is 11.4. The zero-order chi connectivity index (χ0) is 20.4. The van der Waals surface area contributed by atoms with Gasteiger partial charge in [0.25, 0.3) is 5.91 Å². The number of rotatable bonds is 6. The van der Waals surface area contributed by atoms with Crippen molar-refractivity contribution >= 4 is 43.4 Å². The van der Waals surface area contributed by atoms with Gasteiger partial charge in [0.15, 0.2) is 5.13 Å². The van der Waals surface area contributed by atoms with Crippen LogP contribution in [0.3, 0.4) is 0 Å². The zero-order valence-electron chi connectivity index (χ0n) is 17.1. The summed E-state index contributed by atoms with van der Waals surface area (Å²) in [6, 6.07) is 20.3. The van der Waals surface area contributed by atoms with Crippen LogP contribution in [0, 0.1) is 6.92 Å². The van der Waals surface area contributed by atoms with Gasteiger partial charge in [-0.2, -0.15) is 0 Å². The third-order valence-electron chi connectivity index (χ3n) is 4.99. The van der Waals surface area contributed by atoms with Crippen molar-refractivity contribution in [3.63, 3.8) is 0 Å². The maximum absolute atomic E-state index is 13.5. The first kappa shape index (κ1) is 19.6. The monoisotopic (exact) mass is 403 g/mol. The van der Waals surface area contributed by atoms with Crippen molar-refractivity contribution < 1.29 is 4.79 Å². The quantitative estimate of drug-likeness (QED) is 0.435. The molecule has 29 heavy (non-hydrogen) atoms. The van der Waals surface area contributed by atoms with E-state index in [1.807, 2.05) is 47.4 Å². The van der Waals surface area contributed by atoms with E-state index in [-0.39, 0.29) is 5.91 Å². The molecule has 0 spiro atoms. The molecule has 4 nitrogen and oxygen atoms in total. The lowest BCUT2D eigenvalue weighted by Gasteiger charge is -2.21. The molecule has 0 aliphatic heterocycles. The molecule has 4 aromatic rings. The first-order valence-corrected chi connectivity index (χ1v) is 10.7. The molecule has 4 rings (SSSR count). The van der Waals surface area contributed by atoms with Crippen LogP contribution in [0.1, 0.15) is 22.3 Å². The van der Waals surface area contributed by atoms with Crippen molar-refractivity contribution in [3.05, 3.63) is 71.8 Å². The van der Waals surface area contributed by atoms with Gasteiger partial charge in [0, 0.05) is 12.1 Å². The Hall–Kier alpha value is -2.76. The molecule has 0 unspecified atom stereocenters. The maximum atomic E-state index is 13.5. The summed E-state index contributed by atoms with van der Waals surface area (Å²) in [5, 5.41) is 2.98. The molecule has 1 aromatic heterocycles. The van der Waals surface area contributed by atoms with Gasteiger partial charge in [-0.1, -0.05) is 47.7 Å². The molecule has 3 aromatic carbocycles. The summed E-state index contributed by atoms with van der Waals surface area (Å²) < 4.78 is 1.11. The highest BCUT2D eigenvalue weighted by Gasteiger charge is 2.21. The van der Waals surface area contributed by atoms with Gasteiger partial charge in [0.2, 0.25) is 0 Å². The molecular formula is C24H25N3OS. The van der Waals surface area contributed by atoms with Gasteiger partial charge in [-0.25, -0.2) is 4.98 Å². The van der Waals surface area contributed by atoms with Crippen LogP contribution in [0.4, 0.5) is 5.13 Å². The summed E-state index contributed by atoms with van der Waals surface area (Å²) >= 11 is 1.59. The largest absolute Gasteiger partial charge is 0.309 e. The lowest BCUT2D eigenvalue weighted by atomic mass is 10.1. The topological polar surface area (TPSA) is 36.4 Å². The van der Waals surface area contributed by atoms with E-state index in [1.165, 1.54) is 5.56 Å². The highest BCUT2D eigenvalue weighted by Crippen LogP contribution is 2.31. The van der Waals surface area contributed by atoms with Gasteiger partial charge < -0.3 is 4.90 Å². The first-order valence-electron chi connectivity index (χ1n) is 9.84. The van der Waals surface area contributed by atoms with Crippen molar-refractivity contribution in [2.45, 2.75) is 13.3 Å². The first-order chi connectivity index (χ1) is 14.0. The summed E-state index contributed by atoms with van der Waals surface area (Å²) in [6.07, 6.45) is 0.890. The summed E-state index contributed by atoms with van der Waals surface area (Å²) in [5.41, 5.74) is 2.84. The van der Waals surface area contributed by atoms with Gasteiger partial charge in [0.05, 0.1) is 10.2 Å². The molecule has 0 saturated carbocycles. The lowest BCUT2D eigenvalue weighted by molar-refractivity contribution is 0.0986. The second kappa shape index (κ2) is 8.31. The van der Waals surface area contributed by atoms with Crippen molar-refractivity contribution in [2.24, 2.45) is 0 Å². The number of carbonyl (C=O) groups is 1. The van der Waals surface area contributed by atoms with Crippen molar-refractivity contribution in [2.75, 3.05) is 32.1 Å². The Bertz CT molecular complexity index is 1170. The summed E-state index contributed by atoms with van der Waals surface area (Å²) in [6.45, 7) is 3.64. The number of hydrogen-bond acceptors (Lipinski definition) is 4. The van der Waals surface area contributed by atoms with E-state index >= 15 is 0 Å². The number of anilines is 1. The Morgan fingerprint density at radius 2 is 1.76 bits per heavy atom. The minimum atomic E-state index is 0.00490. The van der Waals surface area contributed by atoms with Gasteiger partial charge >= 0.3 is 0 Å². The molecule has 148 valence electrons. The van der Waals surface area contributed by atoms with Crippen LogP contribution in [0.2, 0.25) is 0 Å². The molecule has 0 bridgehead atoms. The number of carbonyl (C=O) groups excluding carboxylic acids is 1. The van der Waals surface area contributed by atoms with Crippen LogP contribution < -0.4 is 4.90 Å². The van der Waals surface area contributed by atoms with Crippen LogP contribution in [0.25, 0.3) is 21.0 Å². The SMILES string of the molecule is Cc1ccc2nc(N(CCCN(C)C)C(=O)c3ccc4ccccc4c3)sc2c1. The minimum Gasteiger partial charge on any atom is -0.309 e. The van der Waals surface area contributed by atoms with Crippen LogP contribution >= 0.6 is 11.3 Å². The molecule has 0 aliphatic rings. The highest BCUT2D eigenvalue weighted by molar-refractivity contribution is 7.22. The number of nitrogens with zero attached hydrogens (tertiary/aromatic N) is 3. The Labute approximate surface area is 175 Å². The molecule has 1 heterocycles. The number of hydrogen-bond donors (Lipinski definition) is 0. The Morgan fingerprint density at radius 1 is 0.966 bits per heavy atom. The molecule has 0 radical (unpaired) electrons. The maximum Gasteiger partial charge on any atom is 0.260 e. The molecule has 5 heteroatoms. The number of amides is 1. The summed E-state index contributed by atoms with van der Waals surface area (Å²) in [7, 11) is 4.10. The third-order valence-corrected chi connectivity index (χ3v) is 6.03. The van der Waals surface area contributed by atoms with E-state index in [0.29, 0.717) is 12.1 Å². The average molecular weight is 404 g/mol. The molecule has 0 atom stereocenters. The Balaban J connectivity index is 1.70. The number of aryl methyl sites for hydroxylation is 1. The fourth-order valence-corrected chi connectivity index (χ4v) is 4.53. The van der Waals surface area contributed by atoms with Gasteiger partial charge in [0.1, 0.15) is 0 Å². The Kier molecular flexibility index (Phi) is 5.60. The van der Waals surface area contributed by atoms with Crippen molar-refractivity contribution in [3.8, 4) is 0 Å². The smallest absolute Gasteiger partial charge is 0.260 e. The standard InChI is InChI=1S/C24H25N3OS/c1-17-9-12-21-22(15-17)29-24(25-21)27(14-6-13-26(2)3)23(28)20-11-10-18-7-4-5-8-19(18)16-20/h4-5,7-12,15-16H,6,13-14H2,1-3H3. The fourth-order valence-electron chi connectivity index (χ4n) is 3.44. The lowest BCUT2D eigenvalue weighted by Crippen LogP contribution is -2.33. The van der Waals surface area contributed by atoms with Crippen LogP contribution in [-0.2, 0) is 0 Å². The molecule has 0 N–H and O–H groups in total. The second-order valence-corrected chi connectivity index (χ2v) is 8.65. The number of fused-ring (bicyclic) bond motifs is 2. The molecular weight excluding hydrogens is 378 g/mol. The molecule has 0 aliphatic carbocycles. The number of thiazole rings is 1. The van der Waals surface area contributed by atoms with Gasteiger partial charge in [-0.15, -0.1) is 0 Å². The van der Waals surface area contributed by atoms with E-state index in [1.54, 1.807) is 11.3 Å². The van der Waals surface area contributed by atoms with Crippen molar-refractivity contribution in [1.29, 1.82) is 0 Å². The van der Waals surface area contributed by atoms with Crippen LogP contribution in [0.5, 0.6) is 0 Å². The predicted molar refractivity (Wildman–Crippen MR) is 123 cm³/mol. The Morgan fingerprint density at radius 3 is 2.55 bits per heavy atom. The number of benzene rings is 3. The van der Waals surface area contributed by atoms with Crippen molar-refractivity contribution in [1.82, 2.24) is 9.88 Å². The molecule has 1 amide bonds. The zero-order valence-corrected chi connectivity index (χ0v) is 17.9. The molecule has 0 fully saturated rings. The number of aromatic nitrogens is 1. The van der Waals surface area contributed by atoms with E-state index < -0.39 is 0 Å². The highest BCUT2D eigenvalue weighted by atomic mass is 32.1. The summed E-state index contributed by atoms with van der Waals surface area (Å²) in [5.74, 6) is 0.00490. The molecule has 0 saturated heterocycles. The van der Waals surface area contributed by atoms with E-state index in [4.69, 9.17) is 4.98 Å².